The third kappa shape index (κ3) is 28.9. The molecule has 40 heteroatoms. The molecule has 0 atom stereocenters. The number of esters is 2. The van der Waals surface area contributed by atoms with Gasteiger partial charge < -0.3 is 38.8 Å². The van der Waals surface area contributed by atoms with Gasteiger partial charge in [0, 0.05) is 111 Å². The van der Waals surface area contributed by atoms with E-state index in [9.17, 15) is 87.2 Å². The molecule has 1 amide bonds. The van der Waals surface area contributed by atoms with Gasteiger partial charge >= 0.3 is 17.9 Å². The van der Waals surface area contributed by atoms with Crippen LogP contribution in [-0.4, -0.2) is 195 Å². The summed E-state index contributed by atoms with van der Waals surface area (Å²) in [6.45, 7) is 15.7. The van der Waals surface area contributed by atoms with Gasteiger partial charge in [-0.1, -0.05) is 72.8 Å². The summed E-state index contributed by atoms with van der Waals surface area (Å²) in [5.74, 6) is -3.57. The maximum absolute atomic E-state index is 14.7. The largest absolute Gasteiger partial charge is 0.493 e. The Hall–Kier alpha value is -9.65. The Labute approximate surface area is 760 Å². The molecule has 4 aliphatic carbocycles. The fraction of sp³-hybridized carbons (Fsp3) is 0.422. The number of hydrogen-bond acceptors (Lipinski definition) is 23. The van der Waals surface area contributed by atoms with Crippen molar-refractivity contribution in [3.05, 3.63) is 238 Å². The monoisotopic (exact) mass is 1940 g/mol. The van der Waals surface area contributed by atoms with Crippen molar-refractivity contribution in [3.63, 3.8) is 0 Å². The molecule has 4 aliphatic heterocycles. The minimum Gasteiger partial charge on any atom is -0.493 e. The molecule has 8 fully saturated rings. The summed E-state index contributed by atoms with van der Waals surface area (Å²) in [5, 5.41) is 16.6. The number of ether oxygens (including phenoxy) is 6. The number of benzene rings is 8. The molecule has 4 saturated carbocycles. The second-order valence-electron chi connectivity index (χ2n) is 34.9. The van der Waals surface area contributed by atoms with E-state index >= 15 is 0 Å². The lowest BCUT2D eigenvalue weighted by Crippen LogP contribution is -2.51. The summed E-state index contributed by atoms with van der Waals surface area (Å²) < 4.78 is 236. The quantitative estimate of drug-likeness (QED) is 0.0201. The molecule has 29 nitrogen and oxygen atoms in total. The third-order valence-electron chi connectivity index (χ3n) is 21.2. The van der Waals surface area contributed by atoms with Gasteiger partial charge in [-0.15, -0.1) is 0 Å². The van der Waals surface area contributed by atoms with E-state index in [1.165, 1.54) is 49.3 Å². The van der Waals surface area contributed by atoms with Crippen LogP contribution in [0.1, 0.15) is 180 Å². The highest BCUT2D eigenvalue weighted by atomic mass is 35.7. The second kappa shape index (κ2) is 42.1. The number of carbonyl (C=O) groups is 4. The lowest BCUT2D eigenvalue weighted by Gasteiger charge is -2.37. The lowest BCUT2D eigenvalue weighted by atomic mass is 10.0. The van der Waals surface area contributed by atoms with Crippen molar-refractivity contribution in [2.45, 2.75) is 147 Å². The van der Waals surface area contributed by atoms with Crippen molar-refractivity contribution in [2.75, 3.05) is 91.3 Å². The van der Waals surface area contributed by atoms with E-state index in [2.05, 4.69) is 10.5 Å². The number of sulfonamides is 5. The molecule has 0 radical (unpaired) electrons. The molecule has 130 heavy (non-hydrogen) atoms. The molecular weight excluding hydrogens is 1840 g/mol. The van der Waals surface area contributed by atoms with E-state index in [0.29, 0.717) is 91.8 Å². The standard InChI is InChI=1S/C24H28FNO5S.C21H23FN2O6S2.C20H20FNO5S.C18H24FNO3.C6H5ClO2S.CH5NO2S/c1-24(2,3)31-23(27)20-11-19(17-9-10-17)22(12-21(20)25)30-15-16-13-26(14-16)32(28,29)18-7-5-4-6-8-18;1-31(26,27)23-21(25)18-9-17(15-7-8-15)20(10-19(18)22)30-13-14-11-24(12-14)32(28,29)16-5-3-2-4-6-16;21-18-9-19(16(14-6-7-14)8-17(18)20(23)24)27-12-13-10-22(11-13)28(25,26)15-4-2-1-3-5-15;1-18(2,3)23-17(21)14-6-13(12-4-5-12)16(7-15(14)19)22-10-11-8-20-9-11;7-10(8,9)6-4-2-1-3-5-6;1-5(2,3)4/h4-8,11-12,16-17H,9-10,13-15H2,1-3H3;2-6,9-10,14-15H,7-8,11-13H2,1H3,(H,23,25);1-5,8-9,13-14H,6-7,10-12H2,(H,23,24);6-7,11-12,20H,4-5,8-10H2,1-3H3;1-5H;1H3,(H2,2,3,4). The SMILES string of the molecule is CC(C)(C)OC(=O)c1cc(C2CC2)c(OCC2CN(S(=O)(=O)c3ccccc3)C2)cc1F.CC(C)(C)OC(=O)c1cc(C2CC2)c(OCC2CNC2)cc1F.CS(=O)(=O)NC(=O)c1cc(C2CC2)c(OCC2CN(S(=O)(=O)c3ccccc3)C2)cc1F.CS(N)(=O)=O.O=C(O)c1cc(C2CC2)c(OCC2CN(S(=O)(=O)c3ccccc3)C2)cc1F.O=S(=O)(Cl)c1ccccc1. The molecule has 4 heterocycles. The molecule has 5 N–H and O–H groups in total. The zero-order valence-electron chi connectivity index (χ0n) is 72.6. The summed E-state index contributed by atoms with van der Waals surface area (Å²) in [5.41, 5.74) is 0.957. The van der Waals surface area contributed by atoms with Gasteiger partial charge in [0.1, 0.15) is 57.5 Å². The van der Waals surface area contributed by atoms with Crippen LogP contribution in [0.2, 0.25) is 0 Å². The van der Waals surface area contributed by atoms with Crippen LogP contribution in [0.4, 0.5) is 17.6 Å². The third-order valence-corrected chi connectivity index (χ3v) is 28.6. The van der Waals surface area contributed by atoms with Crippen molar-refractivity contribution in [3.8, 4) is 23.0 Å². The van der Waals surface area contributed by atoms with Crippen LogP contribution in [0, 0.1) is 46.9 Å². The van der Waals surface area contributed by atoms with E-state index in [0.717, 1.165) is 100 Å². The molecule has 16 rings (SSSR count). The van der Waals surface area contributed by atoms with Gasteiger partial charge in [0.2, 0.25) is 50.1 Å². The molecule has 4 saturated heterocycles. The van der Waals surface area contributed by atoms with Crippen LogP contribution >= 0.6 is 10.7 Å². The lowest BCUT2D eigenvalue weighted by molar-refractivity contribution is 0.00515. The van der Waals surface area contributed by atoms with Crippen molar-refractivity contribution < 1.29 is 121 Å². The minimum atomic E-state index is -3.82. The molecule has 0 aromatic heterocycles. The number of primary sulfonamides is 1. The molecule has 0 spiro atoms. The van der Waals surface area contributed by atoms with Gasteiger partial charge in [-0.3, -0.25) is 4.79 Å². The van der Waals surface area contributed by atoms with Crippen molar-refractivity contribution in [1.82, 2.24) is 23.0 Å². The Morgan fingerprint density at radius 1 is 0.408 bits per heavy atom. The fourth-order valence-electron chi connectivity index (χ4n) is 13.8. The van der Waals surface area contributed by atoms with Crippen LogP contribution < -0.4 is 34.1 Å². The Morgan fingerprint density at radius 2 is 0.654 bits per heavy atom. The Bertz CT molecular complexity index is 6130. The number of nitrogens with one attached hydrogen (secondary N) is 2. The Kier molecular flexibility index (Phi) is 32.6. The number of hydrogen-bond donors (Lipinski definition) is 4. The smallest absolute Gasteiger partial charge is 0.341 e. The summed E-state index contributed by atoms with van der Waals surface area (Å²) in [7, 11) is -16.0. The van der Waals surface area contributed by atoms with Gasteiger partial charge in [0.25, 0.3) is 15.0 Å². The minimum absolute atomic E-state index is 0.000476. The number of carboxylic acid groups (broad SMARTS) is 1. The first-order chi connectivity index (χ1) is 60.9. The molecular formula is C90H105ClF4N6O23S6. The number of halogens is 5. The number of carboxylic acids is 1. The molecule has 0 unspecified atom stereocenters. The van der Waals surface area contributed by atoms with Gasteiger partial charge in [-0.05, 0) is 212 Å². The number of rotatable bonds is 28. The summed E-state index contributed by atoms with van der Waals surface area (Å²) in [6, 6.07) is 43.3. The van der Waals surface area contributed by atoms with E-state index in [-0.39, 0.29) is 97.2 Å². The number of nitrogens with two attached hydrogens (primary N) is 1. The van der Waals surface area contributed by atoms with E-state index in [4.69, 9.17) is 44.2 Å². The first-order valence-corrected chi connectivity index (χ1v) is 52.3. The number of carbonyl (C=O) groups excluding carboxylic acids is 3. The van der Waals surface area contributed by atoms with Gasteiger partial charge in [0.15, 0.2) is 0 Å². The molecule has 8 aromatic rings. The zero-order chi connectivity index (χ0) is 94.8. The number of aromatic carboxylic acids is 1. The van der Waals surface area contributed by atoms with Crippen molar-refractivity contribution >= 4 is 93.7 Å². The number of amides is 1. The van der Waals surface area contributed by atoms with Crippen LogP contribution in [-0.2, 0) is 68.6 Å². The molecule has 8 aliphatic rings. The predicted octanol–water partition coefficient (Wildman–Crippen LogP) is 13.3. The maximum Gasteiger partial charge on any atom is 0.341 e. The van der Waals surface area contributed by atoms with Crippen LogP contribution in [0.5, 0.6) is 23.0 Å². The average molecular weight is 1940 g/mol. The Morgan fingerprint density at radius 3 is 0.885 bits per heavy atom. The normalized spacial score (nSPS) is 17.1. The number of nitrogens with zero attached hydrogens (tertiary/aromatic N) is 3. The van der Waals surface area contributed by atoms with Crippen LogP contribution in [0.3, 0.4) is 0 Å². The van der Waals surface area contributed by atoms with E-state index in [1.807, 2.05) is 0 Å². The maximum atomic E-state index is 14.7. The first-order valence-electron chi connectivity index (χ1n) is 41.8. The molecule has 8 aromatic carbocycles. The van der Waals surface area contributed by atoms with Crippen LogP contribution in [0.15, 0.2) is 189 Å². The van der Waals surface area contributed by atoms with Crippen molar-refractivity contribution in [2.24, 2.45) is 28.8 Å². The average Bonchev–Trinajstić information content (AvgIpc) is 1.56. The van der Waals surface area contributed by atoms with Gasteiger partial charge in [0.05, 0.1) is 80.8 Å². The van der Waals surface area contributed by atoms with Gasteiger partial charge in [-0.2, -0.15) is 12.9 Å². The first kappa shape index (κ1) is 101. The predicted molar refractivity (Wildman–Crippen MR) is 476 cm³/mol. The highest BCUT2D eigenvalue weighted by molar-refractivity contribution is 8.13. The fourth-order valence-corrected chi connectivity index (χ4v) is 19.8. The van der Waals surface area contributed by atoms with Crippen molar-refractivity contribution in [1.29, 1.82) is 0 Å². The molecule has 0 bridgehead atoms. The Balaban J connectivity index is 0.000000160. The highest BCUT2D eigenvalue weighted by Gasteiger charge is 2.42. The van der Waals surface area contributed by atoms with E-state index < -0.39 is 117 Å². The summed E-state index contributed by atoms with van der Waals surface area (Å²) in [6.07, 6.45) is 9.37. The summed E-state index contributed by atoms with van der Waals surface area (Å²) in [4.78, 5) is 48.8. The van der Waals surface area contributed by atoms with Crippen LogP contribution in [0.25, 0.3) is 0 Å². The van der Waals surface area contributed by atoms with Gasteiger partial charge in [-0.25, -0.2) is 92.3 Å². The zero-order valence-corrected chi connectivity index (χ0v) is 78.3. The highest BCUT2D eigenvalue weighted by Crippen LogP contribution is 2.49. The van der Waals surface area contributed by atoms with E-state index in [1.54, 1.807) is 168 Å². The molecule has 704 valence electrons. The topological polar surface area (TPSA) is 409 Å². The summed E-state index contributed by atoms with van der Waals surface area (Å²) >= 11 is 0. The second-order valence-corrected chi connectivity index (χ2v) is 46.7.